The molecule has 0 aliphatic carbocycles. The van der Waals surface area contributed by atoms with Crippen molar-refractivity contribution in [2.45, 2.75) is 33.4 Å². The highest BCUT2D eigenvalue weighted by Gasteiger charge is 2.20. The first kappa shape index (κ1) is 15.1. The molecule has 0 saturated heterocycles. The molecule has 0 aromatic heterocycles. The number of hydrogen-bond donors (Lipinski definition) is 1. The molecule has 0 aliphatic heterocycles. The lowest BCUT2D eigenvalue weighted by molar-refractivity contribution is 0.0689. The molecule has 0 aliphatic rings. The quantitative estimate of drug-likeness (QED) is 0.870. The number of anilines is 1. The first-order valence-electron chi connectivity index (χ1n) is 7.20. The second kappa shape index (κ2) is 6.44. The SMILES string of the molecule is Cc1ccc(N)cc1C(=O)N(Cc1ccccc1)C(C)C. The van der Waals surface area contributed by atoms with Crippen LogP contribution in [0.3, 0.4) is 0 Å². The van der Waals surface area contributed by atoms with Crippen molar-refractivity contribution < 1.29 is 4.79 Å². The predicted octanol–water partition coefficient (Wildman–Crippen LogP) is 3.63. The fraction of sp³-hybridized carbons (Fsp3) is 0.278. The van der Waals surface area contributed by atoms with Gasteiger partial charge < -0.3 is 10.6 Å². The number of nitrogens with two attached hydrogens (primary N) is 1. The summed E-state index contributed by atoms with van der Waals surface area (Å²) in [7, 11) is 0. The van der Waals surface area contributed by atoms with Crippen molar-refractivity contribution in [2.24, 2.45) is 0 Å². The molecule has 0 fully saturated rings. The Morgan fingerprint density at radius 3 is 2.43 bits per heavy atom. The van der Waals surface area contributed by atoms with Gasteiger partial charge in [0.1, 0.15) is 0 Å². The van der Waals surface area contributed by atoms with E-state index in [2.05, 4.69) is 0 Å². The summed E-state index contributed by atoms with van der Waals surface area (Å²) >= 11 is 0. The van der Waals surface area contributed by atoms with Gasteiger partial charge in [-0.3, -0.25) is 4.79 Å². The summed E-state index contributed by atoms with van der Waals surface area (Å²) in [5.41, 5.74) is 9.20. The molecule has 0 heterocycles. The first-order chi connectivity index (χ1) is 9.99. The number of benzene rings is 2. The standard InChI is InChI=1S/C18H22N2O/c1-13(2)20(12-15-7-5-4-6-8-15)18(21)17-11-16(19)10-9-14(17)3/h4-11,13H,12,19H2,1-3H3. The molecule has 0 radical (unpaired) electrons. The number of amides is 1. The Morgan fingerprint density at radius 1 is 1.14 bits per heavy atom. The van der Waals surface area contributed by atoms with Gasteiger partial charge in [-0.15, -0.1) is 0 Å². The molecule has 0 saturated carbocycles. The van der Waals surface area contributed by atoms with Crippen LogP contribution in [0, 0.1) is 6.92 Å². The van der Waals surface area contributed by atoms with Gasteiger partial charge in [0.15, 0.2) is 0 Å². The van der Waals surface area contributed by atoms with Gasteiger partial charge in [-0.25, -0.2) is 0 Å². The van der Waals surface area contributed by atoms with Crippen LogP contribution in [0.1, 0.15) is 35.3 Å². The predicted molar refractivity (Wildman–Crippen MR) is 87.0 cm³/mol. The van der Waals surface area contributed by atoms with Crippen LogP contribution in [-0.4, -0.2) is 16.8 Å². The molecule has 2 aromatic rings. The van der Waals surface area contributed by atoms with Crippen LogP contribution in [0.4, 0.5) is 5.69 Å². The Morgan fingerprint density at radius 2 is 1.81 bits per heavy atom. The zero-order chi connectivity index (χ0) is 15.4. The number of rotatable bonds is 4. The first-order valence-corrected chi connectivity index (χ1v) is 7.20. The zero-order valence-electron chi connectivity index (χ0n) is 12.8. The molecular formula is C18H22N2O. The topological polar surface area (TPSA) is 46.3 Å². The maximum Gasteiger partial charge on any atom is 0.254 e. The Labute approximate surface area is 126 Å². The largest absolute Gasteiger partial charge is 0.399 e. The van der Waals surface area contributed by atoms with E-state index in [0.717, 1.165) is 11.1 Å². The average Bonchev–Trinajstić information content (AvgIpc) is 2.47. The summed E-state index contributed by atoms with van der Waals surface area (Å²) in [6.07, 6.45) is 0. The summed E-state index contributed by atoms with van der Waals surface area (Å²) in [6.45, 7) is 6.60. The van der Waals surface area contributed by atoms with Crippen LogP contribution in [-0.2, 0) is 6.54 Å². The summed E-state index contributed by atoms with van der Waals surface area (Å²) < 4.78 is 0. The third kappa shape index (κ3) is 3.63. The molecule has 2 N–H and O–H groups in total. The molecular weight excluding hydrogens is 260 g/mol. The van der Waals surface area contributed by atoms with Gasteiger partial charge in [0.2, 0.25) is 0 Å². The van der Waals surface area contributed by atoms with E-state index in [0.29, 0.717) is 17.8 Å². The van der Waals surface area contributed by atoms with Gasteiger partial charge in [0.25, 0.3) is 5.91 Å². The molecule has 0 spiro atoms. The van der Waals surface area contributed by atoms with Crippen molar-refractivity contribution in [3.8, 4) is 0 Å². The minimum atomic E-state index is 0.0265. The molecule has 3 nitrogen and oxygen atoms in total. The lowest BCUT2D eigenvalue weighted by Gasteiger charge is -2.27. The Hall–Kier alpha value is -2.29. The highest BCUT2D eigenvalue weighted by molar-refractivity contribution is 5.96. The monoisotopic (exact) mass is 282 g/mol. The molecule has 110 valence electrons. The normalized spacial score (nSPS) is 10.7. The third-order valence-electron chi connectivity index (χ3n) is 3.57. The summed E-state index contributed by atoms with van der Waals surface area (Å²) in [6, 6.07) is 15.6. The minimum absolute atomic E-state index is 0.0265. The van der Waals surface area contributed by atoms with E-state index >= 15 is 0 Å². The van der Waals surface area contributed by atoms with Gasteiger partial charge in [0, 0.05) is 23.8 Å². The minimum Gasteiger partial charge on any atom is -0.399 e. The van der Waals surface area contributed by atoms with Gasteiger partial charge in [-0.2, -0.15) is 0 Å². The maximum absolute atomic E-state index is 12.8. The zero-order valence-corrected chi connectivity index (χ0v) is 12.8. The Bertz CT molecular complexity index is 620. The second-order valence-electron chi connectivity index (χ2n) is 5.59. The number of aryl methyl sites for hydroxylation is 1. The van der Waals surface area contributed by atoms with Crippen LogP contribution in [0.5, 0.6) is 0 Å². The van der Waals surface area contributed by atoms with Gasteiger partial charge in [0.05, 0.1) is 0 Å². The van der Waals surface area contributed by atoms with Crippen molar-refractivity contribution in [2.75, 3.05) is 5.73 Å². The van der Waals surface area contributed by atoms with Gasteiger partial charge in [-0.05, 0) is 44.0 Å². The van der Waals surface area contributed by atoms with Crippen molar-refractivity contribution >= 4 is 11.6 Å². The highest BCUT2D eigenvalue weighted by atomic mass is 16.2. The van der Waals surface area contributed by atoms with E-state index in [4.69, 9.17) is 5.73 Å². The van der Waals surface area contributed by atoms with Crippen LogP contribution in [0.2, 0.25) is 0 Å². The van der Waals surface area contributed by atoms with E-state index in [-0.39, 0.29) is 11.9 Å². The van der Waals surface area contributed by atoms with Gasteiger partial charge >= 0.3 is 0 Å². The van der Waals surface area contributed by atoms with Crippen molar-refractivity contribution in [3.05, 3.63) is 65.2 Å². The van der Waals surface area contributed by atoms with Crippen LogP contribution in [0.25, 0.3) is 0 Å². The number of carbonyl (C=O) groups is 1. The summed E-state index contributed by atoms with van der Waals surface area (Å²) in [4.78, 5) is 14.7. The van der Waals surface area contributed by atoms with Crippen LogP contribution >= 0.6 is 0 Å². The fourth-order valence-corrected chi connectivity index (χ4v) is 2.29. The smallest absolute Gasteiger partial charge is 0.254 e. The van der Waals surface area contributed by atoms with Crippen molar-refractivity contribution in [3.63, 3.8) is 0 Å². The lowest BCUT2D eigenvalue weighted by Crippen LogP contribution is -2.36. The number of nitrogens with zero attached hydrogens (tertiary/aromatic N) is 1. The Kier molecular flexibility index (Phi) is 4.63. The van der Waals surface area contributed by atoms with Crippen LogP contribution in [0.15, 0.2) is 48.5 Å². The molecule has 0 unspecified atom stereocenters. The molecule has 1 amide bonds. The van der Waals surface area contributed by atoms with E-state index in [1.165, 1.54) is 0 Å². The number of nitrogen functional groups attached to an aromatic ring is 1. The molecule has 0 bridgehead atoms. The average molecular weight is 282 g/mol. The number of carbonyl (C=O) groups excluding carboxylic acids is 1. The second-order valence-corrected chi connectivity index (χ2v) is 5.59. The Balaban J connectivity index is 2.30. The molecule has 2 aromatic carbocycles. The van der Waals surface area contributed by atoms with E-state index in [1.54, 1.807) is 6.07 Å². The molecule has 3 heteroatoms. The van der Waals surface area contributed by atoms with Crippen molar-refractivity contribution in [1.82, 2.24) is 4.90 Å². The summed E-state index contributed by atoms with van der Waals surface area (Å²) in [5.74, 6) is 0.0265. The third-order valence-corrected chi connectivity index (χ3v) is 3.57. The molecule has 2 rings (SSSR count). The molecule has 0 atom stereocenters. The highest BCUT2D eigenvalue weighted by Crippen LogP contribution is 2.18. The maximum atomic E-state index is 12.8. The van der Waals surface area contributed by atoms with Gasteiger partial charge in [-0.1, -0.05) is 36.4 Å². The van der Waals surface area contributed by atoms with E-state index in [1.807, 2.05) is 68.1 Å². The lowest BCUT2D eigenvalue weighted by atomic mass is 10.1. The van der Waals surface area contributed by atoms with E-state index < -0.39 is 0 Å². The summed E-state index contributed by atoms with van der Waals surface area (Å²) in [5, 5.41) is 0. The van der Waals surface area contributed by atoms with E-state index in [9.17, 15) is 4.79 Å². The fourth-order valence-electron chi connectivity index (χ4n) is 2.29. The van der Waals surface area contributed by atoms with Crippen LogP contribution < -0.4 is 5.73 Å². The van der Waals surface area contributed by atoms with Crippen molar-refractivity contribution in [1.29, 1.82) is 0 Å². The molecule has 21 heavy (non-hydrogen) atoms. The number of hydrogen-bond acceptors (Lipinski definition) is 2.